The second-order valence-electron chi connectivity index (χ2n) is 7.60. The molecule has 0 aliphatic rings. The van der Waals surface area contributed by atoms with Crippen LogP contribution in [0, 0.1) is 0 Å². The van der Waals surface area contributed by atoms with Crippen molar-refractivity contribution in [3.8, 4) is 11.5 Å². The maximum atomic E-state index is 12.5. The Morgan fingerprint density at radius 1 is 0.714 bits per heavy atom. The minimum absolute atomic E-state index is 0.149. The van der Waals surface area contributed by atoms with Crippen molar-refractivity contribution in [2.75, 3.05) is 0 Å². The van der Waals surface area contributed by atoms with E-state index in [0.717, 1.165) is 19.3 Å². The Morgan fingerprint density at radius 2 is 1.29 bits per heavy atom. The van der Waals surface area contributed by atoms with E-state index in [-0.39, 0.29) is 22.8 Å². The fourth-order valence-corrected chi connectivity index (χ4v) is 3.55. The van der Waals surface area contributed by atoms with Gasteiger partial charge in [0, 0.05) is 5.56 Å². The first-order valence-corrected chi connectivity index (χ1v) is 10.8. The van der Waals surface area contributed by atoms with Gasteiger partial charge >= 0.3 is 0 Å². The molecule has 0 heterocycles. The molecule has 0 atom stereocenters. The van der Waals surface area contributed by atoms with Gasteiger partial charge in [0.1, 0.15) is 0 Å². The summed E-state index contributed by atoms with van der Waals surface area (Å²) in [5.41, 5.74) is 1.36. The molecule has 2 aromatic carbocycles. The van der Waals surface area contributed by atoms with Crippen molar-refractivity contribution in [1.29, 1.82) is 0 Å². The molecule has 0 saturated carbocycles. The van der Waals surface area contributed by atoms with Gasteiger partial charge in [0.05, 0.1) is 5.56 Å². The summed E-state index contributed by atoms with van der Waals surface area (Å²) in [6.45, 7) is 2.24. The summed E-state index contributed by atoms with van der Waals surface area (Å²) in [5, 5.41) is 20.6. The minimum atomic E-state index is -0.307. The molecule has 0 amide bonds. The van der Waals surface area contributed by atoms with E-state index < -0.39 is 0 Å². The van der Waals surface area contributed by atoms with Crippen molar-refractivity contribution >= 4 is 5.78 Å². The first-order valence-electron chi connectivity index (χ1n) is 10.8. The number of carbonyl (C=O) groups excluding carboxylic acids is 1. The Labute approximate surface area is 169 Å². The lowest BCUT2D eigenvalue weighted by molar-refractivity contribution is 0.103. The zero-order valence-electron chi connectivity index (χ0n) is 17.1. The molecular formula is C25H34O3. The van der Waals surface area contributed by atoms with Gasteiger partial charge in [-0.3, -0.25) is 4.79 Å². The SMILES string of the molecule is CCCCCCCCCCCCc1ccc(C(=O)c2ccccc2)c(O)c1O. The van der Waals surface area contributed by atoms with Crippen LogP contribution in [0.1, 0.15) is 92.6 Å². The van der Waals surface area contributed by atoms with E-state index in [4.69, 9.17) is 0 Å². The molecule has 0 aliphatic heterocycles. The molecule has 0 saturated heterocycles. The van der Waals surface area contributed by atoms with Gasteiger partial charge in [0.2, 0.25) is 0 Å². The highest BCUT2D eigenvalue weighted by atomic mass is 16.3. The van der Waals surface area contributed by atoms with Crippen LogP contribution < -0.4 is 0 Å². The van der Waals surface area contributed by atoms with E-state index in [1.165, 1.54) is 51.4 Å². The summed E-state index contributed by atoms with van der Waals surface area (Å²) in [4.78, 5) is 12.5. The highest BCUT2D eigenvalue weighted by molar-refractivity contribution is 6.11. The van der Waals surface area contributed by atoms with Crippen LogP contribution in [0.4, 0.5) is 0 Å². The maximum absolute atomic E-state index is 12.5. The Bertz CT molecular complexity index is 722. The molecule has 0 bridgehead atoms. The Kier molecular flexibility index (Phi) is 9.61. The molecule has 2 aromatic rings. The molecule has 0 fully saturated rings. The summed E-state index contributed by atoms with van der Waals surface area (Å²) in [6.07, 6.45) is 13.3. The van der Waals surface area contributed by atoms with Gasteiger partial charge in [-0.1, -0.05) is 101 Å². The standard InChI is InChI=1S/C25H34O3/c1-2-3-4-5-6-7-8-9-10-12-17-21-18-19-22(25(28)24(21)27)23(26)20-15-13-11-14-16-20/h11,13-16,18-19,27-28H,2-10,12,17H2,1H3. The first-order chi connectivity index (χ1) is 13.6. The normalized spacial score (nSPS) is 10.9. The van der Waals surface area contributed by atoms with E-state index in [1.807, 2.05) is 6.07 Å². The topological polar surface area (TPSA) is 57.5 Å². The number of hydrogen-bond donors (Lipinski definition) is 2. The zero-order chi connectivity index (χ0) is 20.2. The number of carbonyl (C=O) groups is 1. The molecule has 152 valence electrons. The van der Waals surface area contributed by atoms with Crippen molar-refractivity contribution in [3.63, 3.8) is 0 Å². The second kappa shape index (κ2) is 12.2. The molecule has 2 rings (SSSR count). The number of hydrogen-bond acceptors (Lipinski definition) is 3. The number of aryl methyl sites for hydroxylation is 1. The number of aromatic hydroxyl groups is 2. The Hall–Kier alpha value is -2.29. The number of rotatable bonds is 13. The molecule has 2 N–H and O–H groups in total. The van der Waals surface area contributed by atoms with E-state index in [9.17, 15) is 15.0 Å². The van der Waals surface area contributed by atoms with E-state index >= 15 is 0 Å². The third-order valence-corrected chi connectivity index (χ3v) is 5.32. The van der Waals surface area contributed by atoms with E-state index in [0.29, 0.717) is 11.1 Å². The molecule has 28 heavy (non-hydrogen) atoms. The maximum Gasteiger partial charge on any atom is 0.196 e. The number of phenolic OH excluding ortho intramolecular Hbond substituents is 2. The van der Waals surface area contributed by atoms with Crippen molar-refractivity contribution in [2.24, 2.45) is 0 Å². The lowest BCUT2D eigenvalue weighted by atomic mass is 9.97. The van der Waals surface area contributed by atoms with Crippen LogP contribution in [0.5, 0.6) is 11.5 Å². The Morgan fingerprint density at radius 3 is 1.89 bits per heavy atom. The predicted octanol–water partition coefficient (Wildman–Crippen LogP) is 6.79. The van der Waals surface area contributed by atoms with Crippen LogP contribution >= 0.6 is 0 Å². The van der Waals surface area contributed by atoms with Crippen molar-refractivity contribution in [3.05, 3.63) is 59.2 Å². The van der Waals surface area contributed by atoms with Crippen LogP contribution in [-0.2, 0) is 6.42 Å². The number of ketones is 1. The number of phenols is 2. The third kappa shape index (κ3) is 6.70. The summed E-state index contributed by atoms with van der Waals surface area (Å²) in [5.74, 6) is -0.741. The summed E-state index contributed by atoms with van der Waals surface area (Å²) < 4.78 is 0. The largest absolute Gasteiger partial charge is 0.504 e. The third-order valence-electron chi connectivity index (χ3n) is 5.32. The molecule has 0 aliphatic carbocycles. The van der Waals surface area contributed by atoms with Gasteiger partial charge < -0.3 is 10.2 Å². The fraction of sp³-hybridized carbons (Fsp3) is 0.480. The lowest BCUT2D eigenvalue weighted by Gasteiger charge is -2.10. The molecule has 0 aromatic heterocycles. The lowest BCUT2D eigenvalue weighted by Crippen LogP contribution is -2.02. The van der Waals surface area contributed by atoms with Crippen LogP contribution in [-0.4, -0.2) is 16.0 Å². The van der Waals surface area contributed by atoms with Crippen LogP contribution in [0.25, 0.3) is 0 Å². The average molecular weight is 383 g/mol. The van der Waals surface area contributed by atoms with Crippen molar-refractivity contribution in [2.45, 2.75) is 77.6 Å². The van der Waals surface area contributed by atoms with Crippen LogP contribution in [0.15, 0.2) is 42.5 Å². The van der Waals surface area contributed by atoms with Gasteiger partial charge in [-0.15, -0.1) is 0 Å². The van der Waals surface area contributed by atoms with Gasteiger partial charge in [-0.05, 0) is 24.5 Å². The second-order valence-corrected chi connectivity index (χ2v) is 7.60. The molecule has 3 heteroatoms. The highest BCUT2D eigenvalue weighted by Crippen LogP contribution is 2.34. The zero-order valence-corrected chi connectivity index (χ0v) is 17.1. The molecule has 0 unspecified atom stereocenters. The van der Waals surface area contributed by atoms with Gasteiger partial charge in [0.25, 0.3) is 0 Å². The Balaban J connectivity index is 1.76. The molecule has 0 spiro atoms. The smallest absolute Gasteiger partial charge is 0.196 e. The minimum Gasteiger partial charge on any atom is -0.504 e. The van der Waals surface area contributed by atoms with E-state index in [1.54, 1.807) is 36.4 Å². The van der Waals surface area contributed by atoms with Crippen molar-refractivity contribution < 1.29 is 15.0 Å². The van der Waals surface area contributed by atoms with Crippen LogP contribution in [0.2, 0.25) is 0 Å². The van der Waals surface area contributed by atoms with Gasteiger partial charge in [-0.2, -0.15) is 0 Å². The van der Waals surface area contributed by atoms with Crippen LogP contribution in [0.3, 0.4) is 0 Å². The van der Waals surface area contributed by atoms with Gasteiger partial charge in [-0.25, -0.2) is 0 Å². The molecular weight excluding hydrogens is 348 g/mol. The fourth-order valence-electron chi connectivity index (χ4n) is 3.55. The first kappa shape index (κ1) is 22.0. The van der Waals surface area contributed by atoms with Gasteiger partial charge in [0.15, 0.2) is 17.3 Å². The molecule has 0 radical (unpaired) electrons. The summed E-state index contributed by atoms with van der Waals surface area (Å²) in [6, 6.07) is 12.2. The van der Waals surface area contributed by atoms with E-state index in [2.05, 4.69) is 6.92 Å². The highest BCUT2D eigenvalue weighted by Gasteiger charge is 2.18. The number of benzene rings is 2. The average Bonchev–Trinajstić information content (AvgIpc) is 2.72. The summed E-state index contributed by atoms with van der Waals surface area (Å²) >= 11 is 0. The summed E-state index contributed by atoms with van der Waals surface area (Å²) in [7, 11) is 0. The number of unbranched alkanes of at least 4 members (excludes halogenated alkanes) is 9. The molecule has 3 nitrogen and oxygen atoms in total. The quantitative estimate of drug-likeness (QED) is 0.228. The monoisotopic (exact) mass is 382 g/mol. The van der Waals surface area contributed by atoms with Crippen molar-refractivity contribution in [1.82, 2.24) is 0 Å². The predicted molar refractivity (Wildman–Crippen MR) is 115 cm³/mol.